The molecule has 2 heterocycles. The van der Waals surface area contributed by atoms with Crippen molar-refractivity contribution in [3.8, 4) is 0 Å². The number of carboxylic acids is 1. The molecule has 0 fully saturated rings. The van der Waals surface area contributed by atoms with Crippen LogP contribution in [0.5, 0.6) is 0 Å². The first kappa shape index (κ1) is 22.8. The third-order valence-electron chi connectivity index (χ3n) is 6.19. The van der Waals surface area contributed by atoms with Crippen LogP contribution in [0.15, 0.2) is 60.9 Å². The summed E-state index contributed by atoms with van der Waals surface area (Å²) in [6, 6.07) is 17.1. The minimum Gasteiger partial charge on any atom is -0.478 e. The van der Waals surface area contributed by atoms with Gasteiger partial charge in [0, 0.05) is 37.2 Å². The van der Waals surface area contributed by atoms with E-state index in [1.54, 1.807) is 6.20 Å². The molecule has 33 heavy (non-hydrogen) atoms. The van der Waals surface area contributed by atoms with Crippen molar-refractivity contribution in [3.05, 3.63) is 83.2 Å². The number of benzene rings is 2. The predicted octanol–water partition coefficient (Wildman–Crippen LogP) is 5.05. The number of carboxylic acid groups (broad SMARTS) is 1. The monoisotopic (exact) mass is 444 g/mol. The Bertz CT molecular complexity index is 1110. The number of aromatic carboxylic acids is 1. The van der Waals surface area contributed by atoms with Crippen LogP contribution >= 0.6 is 0 Å². The third-order valence-corrected chi connectivity index (χ3v) is 6.19. The van der Waals surface area contributed by atoms with E-state index in [-0.39, 0.29) is 11.6 Å². The highest BCUT2D eigenvalue weighted by Crippen LogP contribution is 2.31. The lowest BCUT2D eigenvalue weighted by Crippen LogP contribution is -2.34. The van der Waals surface area contributed by atoms with Crippen LogP contribution < -0.4 is 15.5 Å². The molecule has 1 atom stereocenters. The molecule has 0 radical (unpaired) electrons. The Hall–Kier alpha value is -3.38. The minimum atomic E-state index is -0.957. The van der Waals surface area contributed by atoms with E-state index < -0.39 is 5.97 Å². The van der Waals surface area contributed by atoms with Crippen molar-refractivity contribution in [1.82, 2.24) is 10.3 Å². The molecule has 1 aromatic heterocycles. The third kappa shape index (κ3) is 5.34. The highest BCUT2D eigenvalue weighted by molar-refractivity contribution is 5.93. The quantitative estimate of drug-likeness (QED) is 0.452. The van der Waals surface area contributed by atoms with Crippen LogP contribution in [-0.2, 0) is 12.8 Å². The fourth-order valence-corrected chi connectivity index (χ4v) is 4.44. The second kappa shape index (κ2) is 10.0. The van der Waals surface area contributed by atoms with Gasteiger partial charge in [-0.25, -0.2) is 4.79 Å². The van der Waals surface area contributed by atoms with Gasteiger partial charge in [0.2, 0.25) is 0 Å². The zero-order valence-electron chi connectivity index (χ0n) is 19.5. The second-order valence-electron chi connectivity index (χ2n) is 9.07. The van der Waals surface area contributed by atoms with Gasteiger partial charge in [0.1, 0.15) is 0 Å². The lowest BCUT2D eigenvalue weighted by molar-refractivity contribution is 0.0697. The summed E-state index contributed by atoms with van der Waals surface area (Å²) in [5, 5.41) is 16.2. The number of pyridine rings is 1. The maximum Gasteiger partial charge on any atom is 0.337 e. The summed E-state index contributed by atoms with van der Waals surface area (Å²) < 4.78 is 0. The van der Waals surface area contributed by atoms with E-state index >= 15 is 0 Å². The number of aromatic nitrogens is 1. The van der Waals surface area contributed by atoms with E-state index in [4.69, 9.17) is 0 Å². The van der Waals surface area contributed by atoms with Crippen molar-refractivity contribution in [2.24, 2.45) is 5.92 Å². The normalized spacial score (nSPS) is 15.2. The highest BCUT2D eigenvalue weighted by atomic mass is 16.4. The molecule has 6 nitrogen and oxygen atoms in total. The first-order valence-corrected chi connectivity index (χ1v) is 11.5. The lowest BCUT2D eigenvalue weighted by atomic mass is 9.93. The summed E-state index contributed by atoms with van der Waals surface area (Å²) in [6.45, 7) is 5.96. The van der Waals surface area contributed by atoms with Gasteiger partial charge in [-0.1, -0.05) is 32.0 Å². The number of hydrogen-bond donors (Lipinski definition) is 3. The Balaban J connectivity index is 1.48. The SMILES string of the molecule is CC(C)Cc1ccc(N(C)c2ccc3c(c2)CCNC3CNc2cnccc2C(=O)O)cc1. The van der Waals surface area contributed by atoms with Gasteiger partial charge in [-0.3, -0.25) is 4.98 Å². The van der Waals surface area contributed by atoms with Crippen LogP contribution in [0, 0.1) is 5.92 Å². The molecule has 0 saturated carbocycles. The molecule has 0 bridgehead atoms. The molecule has 4 rings (SSSR count). The summed E-state index contributed by atoms with van der Waals surface area (Å²) in [5.41, 5.74) is 7.05. The standard InChI is InChI=1S/C27H32N4O2/c1-18(2)14-19-4-6-21(7-5-19)31(3)22-8-9-23-20(15-22)10-13-29-26(23)17-30-25-16-28-12-11-24(25)27(32)33/h4-9,11-12,15-16,18,26,29-30H,10,13-14,17H2,1-3H3,(H,32,33). The van der Waals surface area contributed by atoms with Gasteiger partial charge in [0.25, 0.3) is 0 Å². The summed E-state index contributed by atoms with van der Waals surface area (Å²) in [6.07, 6.45) is 5.13. The van der Waals surface area contributed by atoms with Gasteiger partial charge in [0.15, 0.2) is 0 Å². The van der Waals surface area contributed by atoms with E-state index in [9.17, 15) is 9.90 Å². The van der Waals surface area contributed by atoms with Crippen LogP contribution in [0.1, 0.15) is 46.9 Å². The van der Waals surface area contributed by atoms with E-state index in [0.717, 1.165) is 19.4 Å². The predicted molar refractivity (Wildman–Crippen MR) is 134 cm³/mol. The van der Waals surface area contributed by atoms with Crippen LogP contribution in [0.3, 0.4) is 0 Å². The fraction of sp³-hybridized carbons (Fsp3) is 0.333. The summed E-state index contributed by atoms with van der Waals surface area (Å²) >= 11 is 0. The maximum atomic E-state index is 11.5. The van der Waals surface area contributed by atoms with Crippen molar-refractivity contribution in [3.63, 3.8) is 0 Å². The van der Waals surface area contributed by atoms with Crippen LogP contribution in [0.2, 0.25) is 0 Å². The molecule has 3 N–H and O–H groups in total. The van der Waals surface area contributed by atoms with Crippen LogP contribution in [0.25, 0.3) is 0 Å². The number of carbonyl (C=O) groups is 1. The first-order valence-electron chi connectivity index (χ1n) is 11.5. The topological polar surface area (TPSA) is 77.5 Å². The molecule has 0 amide bonds. The molecular weight excluding hydrogens is 412 g/mol. The Morgan fingerprint density at radius 3 is 2.67 bits per heavy atom. The Labute approximate surface area is 195 Å². The van der Waals surface area contributed by atoms with Gasteiger partial charge < -0.3 is 20.6 Å². The van der Waals surface area contributed by atoms with Gasteiger partial charge in [-0.05, 0) is 72.3 Å². The van der Waals surface area contributed by atoms with Crippen LogP contribution in [0.4, 0.5) is 17.1 Å². The summed E-state index contributed by atoms with van der Waals surface area (Å²) in [5.74, 6) is -0.305. The van der Waals surface area contributed by atoms with E-state index in [1.165, 1.54) is 40.3 Å². The Kier molecular flexibility index (Phi) is 6.94. The molecule has 2 aromatic carbocycles. The molecule has 0 spiro atoms. The van der Waals surface area contributed by atoms with Gasteiger partial charge in [-0.15, -0.1) is 0 Å². The molecule has 0 saturated heterocycles. The molecular formula is C27H32N4O2. The molecule has 0 aliphatic carbocycles. The second-order valence-corrected chi connectivity index (χ2v) is 9.07. The van der Waals surface area contributed by atoms with E-state index in [0.29, 0.717) is 18.2 Å². The van der Waals surface area contributed by atoms with Crippen LogP contribution in [-0.4, -0.2) is 36.2 Å². The number of nitrogens with one attached hydrogen (secondary N) is 2. The van der Waals surface area contributed by atoms with Crippen molar-refractivity contribution < 1.29 is 9.90 Å². The zero-order valence-corrected chi connectivity index (χ0v) is 19.5. The smallest absolute Gasteiger partial charge is 0.337 e. The molecule has 6 heteroatoms. The number of anilines is 3. The number of nitrogens with zero attached hydrogens (tertiary/aromatic N) is 2. The van der Waals surface area contributed by atoms with Crippen molar-refractivity contribution in [2.45, 2.75) is 32.7 Å². The average molecular weight is 445 g/mol. The first-order chi connectivity index (χ1) is 15.9. The maximum absolute atomic E-state index is 11.5. The molecule has 1 aliphatic heterocycles. The lowest BCUT2D eigenvalue weighted by Gasteiger charge is -2.29. The van der Waals surface area contributed by atoms with Crippen molar-refractivity contribution in [2.75, 3.05) is 30.4 Å². The minimum absolute atomic E-state index is 0.102. The Morgan fingerprint density at radius 2 is 1.94 bits per heavy atom. The van der Waals surface area contributed by atoms with Crippen molar-refractivity contribution in [1.29, 1.82) is 0 Å². The molecule has 1 unspecified atom stereocenters. The highest BCUT2D eigenvalue weighted by Gasteiger charge is 2.21. The average Bonchev–Trinajstić information content (AvgIpc) is 2.82. The number of fused-ring (bicyclic) bond motifs is 1. The molecule has 3 aromatic rings. The van der Waals surface area contributed by atoms with Crippen molar-refractivity contribution >= 4 is 23.0 Å². The Morgan fingerprint density at radius 1 is 1.18 bits per heavy atom. The van der Waals surface area contributed by atoms with Gasteiger partial charge >= 0.3 is 5.97 Å². The van der Waals surface area contributed by atoms with E-state index in [2.05, 4.69) is 83.9 Å². The van der Waals surface area contributed by atoms with Gasteiger partial charge in [0.05, 0.1) is 17.4 Å². The zero-order chi connectivity index (χ0) is 23.4. The summed E-state index contributed by atoms with van der Waals surface area (Å²) in [7, 11) is 2.11. The fourth-order valence-electron chi connectivity index (χ4n) is 4.44. The number of rotatable bonds is 8. The number of hydrogen-bond acceptors (Lipinski definition) is 5. The summed E-state index contributed by atoms with van der Waals surface area (Å²) in [4.78, 5) is 17.8. The van der Waals surface area contributed by atoms with Gasteiger partial charge in [-0.2, -0.15) is 0 Å². The van der Waals surface area contributed by atoms with E-state index in [1.807, 2.05) is 0 Å². The largest absolute Gasteiger partial charge is 0.478 e. The molecule has 1 aliphatic rings. The molecule has 172 valence electrons.